The summed E-state index contributed by atoms with van der Waals surface area (Å²) in [6.45, 7) is 6.63. The second-order valence-electron chi connectivity index (χ2n) is 6.40. The van der Waals surface area contributed by atoms with Crippen LogP contribution >= 0.6 is 0 Å². The van der Waals surface area contributed by atoms with Crippen LogP contribution in [0.1, 0.15) is 45.5 Å². The summed E-state index contributed by atoms with van der Waals surface area (Å²) in [5, 5.41) is 0. The molecule has 0 aliphatic heterocycles. The second kappa shape index (κ2) is 7.91. The van der Waals surface area contributed by atoms with Gasteiger partial charge in [0, 0.05) is 32.0 Å². The molecule has 3 heteroatoms. The molecule has 3 nitrogen and oxygen atoms in total. The van der Waals surface area contributed by atoms with E-state index in [-0.39, 0.29) is 24.5 Å². The van der Waals surface area contributed by atoms with Gasteiger partial charge in [-0.1, -0.05) is 36.4 Å². The molecule has 2 aromatic carbocycles. The number of hydrogen-bond donors (Lipinski definition) is 0. The molecule has 0 atom stereocenters. The highest BCUT2D eigenvalue weighted by Gasteiger charge is 2.14. The number of carbonyl (C=O) groups is 2. The molecule has 24 heavy (non-hydrogen) atoms. The van der Waals surface area contributed by atoms with Crippen molar-refractivity contribution in [1.82, 2.24) is 4.90 Å². The smallest absolute Gasteiger partial charge is 0.223 e. The monoisotopic (exact) mass is 323 g/mol. The molecule has 0 fully saturated rings. The van der Waals surface area contributed by atoms with Gasteiger partial charge in [-0.05, 0) is 49.1 Å². The van der Waals surface area contributed by atoms with Crippen LogP contribution in [0.25, 0.3) is 0 Å². The van der Waals surface area contributed by atoms with Gasteiger partial charge in [-0.2, -0.15) is 0 Å². The van der Waals surface area contributed by atoms with E-state index in [9.17, 15) is 9.59 Å². The quantitative estimate of drug-likeness (QED) is 0.746. The van der Waals surface area contributed by atoms with Crippen LogP contribution in [0.3, 0.4) is 0 Å². The van der Waals surface area contributed by atoms with Crippen molar-refractivity contribution in [2.45, 2.75) is 40.2 Å². The highest BCUT2D eigenvalue weighted by Crippen LogP contribution is 2.14. The fraction of sp³-hybridized carbons (Fsp3) is 0.333. The van der Waals surface area contributed by atoms with E-state index in [0.717, 1.165) is 11.1 Å². The van der Waals surface area contributed by atoms with Crippen molar-refractivity contribution < 1.29 is 9.59 Å². The minimum absolute atomic E-state index is 0.00423. The number of benzene rings is 2. The van der Waals surface area contributed by atoms with Gasteiger partial charge in [-0.25, -0.2) is 0 Å². The Balaban J connectivity index is 1.91. The fourth-order valence-corrected chi connectivity index (χ4v) is 2.60. The standard InChI is InChI=1S/C21H25NO2/c1-15-9-10-18(13-17(15)3)20(23)11-12-21(24)22(4)14-19-8-6-5-7-16(19)2/h5-10,13H,11-12,14H2,1-4H3. The first kappa shape index (κ1) is 17.9. The Kier molecular flexibility index (Phi) is 5.91. The summed E-state index contributed by atoms with van der Waals surface area (Å²) in [5.74, 6) is 0.0196. The molecule has 1 amide bonds. The molecule has 0 aliphatic carbocycles. The molecule has 0 saturated carbocycles. The Bertz CT molecular complexity index is 749. The zero-order chi connectivity index (χ0) is 17.7. The Labute approximate surface area is 144 Å². The lowest BCUT2D eigenvalue weighted by Crippen LogP contribution is -2.26. The lowest BCUT2D eigenvalue weighted by atomic mass is 10.0. The third kappa shape index (κ3) is 4.54. The van der Waals surface area contributed by atoms with Crippen LogP contribution in [0.2, 0.25) is 0 Å². The van der Waals surface area contributed by atoms with Crippen LogP contribution in [-0.2, 0) is 11.3 Å². The third-order valence-electron chi connectivity index (χ3n) is 4.49. The maximum Gasteiger partial charge on any atom is 0.223 e. The summed E-state index contributed by atoms with van der Waals surface area (Å²) in [4.78, 5) is 26.3. The van der Waals surface area contributed by atoms with Crippen LogP contribution < -0.4 is 0 Å². The van der Waals surface area contributed by atoms with Gasteiger partial charge in [-0.15, -0.1) is 0 Å². The number of amides is 1. The van der Waals surface area contributed by atoms with Gasteiger partial charge in [0.1, 0.15) is 0 Å². The van der Waals surface area contributed by atoms with E-state index in [1.807, 2.05) is 63.2 Å². The molecular weight excluding hydrogens is 298 g/mol. The van der Waals surface area contributed by atoms with E-state index in [1.54, 1.807) is 11.9 Å². The van der Waals surface area contributed by atoms with E-state index >= 15 is 0 Å². The zero-order valence-corrected chi connectivity index (χ0v) is 14.9. The third-order valence-corrected chi connectivity index (χ3v) is 4.49. The van der Waals surface area contributed by atoms with Crippen LogP contribution in [-0.4, -0.2) is 23.6 Å². The number of hydrogen-bond acceptors (Lipinski definition) is 2. The maximum absolute atomic E-state index is 12.3. The van der Waals surface area contributed by atoms with E-state index in [1.165, 1.54) is 11.1 Å². The van der Waals surface area contributed by atoms with Crippen LogP contribution in [0.5, 0.6) is 0 Å². The molecule has 0 aromatic heterocycles. The van der Waals surface area contributed by atoms with Crippen molar-refractivity contribution in [2.75, 3.05) is 7.05 Å². The fourth-order valence-electron chi connectivity index (χ4n) is 2.60. The van der Waals surface area contributed by atoms with Crippen molar-refractivity contribution in [1.29, 1.82) is 0 Å². The molecule has 0 aliphatic rings. The average Bonchev–Trinajstić information content (AvgIpc) is 2.56. The van der Waals surface area contributed by atoms with Gasteiger partial charge in [0.25, 0.3) is 0 Å². The summed E-state index contributed by atoms with van der Waals surface area (Å²) in [6, 6.07) is 13.7. The normalized spacial score (nSPS) is 10.5. The largest absolute Gasteiger partial charge is 0.341 e. The summed E-state index contributed by atoms with van der Waals surface area (Å²) in [6.07, 6.45) is 0.494. The Morgan fingerprint density at radius 1 is 0.875 bits per heavy atom. The molecule has 0 heterocycles. The Morgan fingerprint density at radius 3 is 2.25 bits per heavy atom. The molecule has 0 bridgehead atoms. The van der Waals surface area contributed by atoms with Crippen molar-refractivity contribution in [2.24, 2.45) is 0 Å². The minimum atomic E-state index is -0.00423. The first-order valence-electron chi connectivity index (χ1n) is 8.27. The van der Waals surface area contributed by atoms with Gasteiger partial charge in [0.15, 0.2) is 5.78 Å². The highest BCUT2D eigenvalue weighted by atomic mass is 16.2. The Hall–Kier alpha value is -2.42. The van der Waals surface area contributed by atoms with Crippen LogP contribution in [0.4, 0.5) is 0 Å². The first-order chi connectivity index (χ1) is 11.4. The summed E-state index contributed by atoms with van der Waals surface area (Å²) in [5.41, 5.74) is 5.26. The van der Waals surface area contributed by atoms with Gasteiger partial charge in [0.05, 0.1) is 0 Å². The van der Waals surface area contributed by atoms with Gasteiger partial charge in [0.2, 0.25) is 5.91 Å². The van der Waals surface area contributed by atoms with Crippen LogP contribution in [0.15, 0.2) is 42.5 Å². The summed E-state index contributed by atoms with van der Waals surface area (Å²) >= 11 is 0. The Morgan fingerprint density at radius 2 is 1.58 bits per heavy atom. The number of carbonyl (C=O) groups excluding carboxylic acids is 2. The molecule has 2 rings (SSSR count). The lowest BCUT2D eigenvalue weighted by Gasteiger charge is -2.18. The van der Waals surface area contributed by atoms with E-state index in [4.69, 9.17) is 0 Å². The number of rotatable bonds is 6. The van der Waals surface area contributed by atoms with Gasteiger partial charge in [-0.3, -0.25) is 9.59 Å². The second-order valence-corrected chi connectivity index (χ2v) is 6.40. The van der Waals surface area contributed by atoms with E-state index in [2.05, 4.69) is 0 Å². The maximum atomic E-state index is 12.3. The number of aryl methyl sites for hydroxylation is 3. The van der Waals surface area contributed by atoms with Crippen molar-refractivity contribution in [3.05, 3.63) is 70.3 Å². The molecule has 126 valence electrons. The minimum Gasteiger partial charge on any atom is -0.341 e. The average molecular weight is 323 g/mol. The molecule has 0 N–H and O–H groups in total. The van der Waals surface area contributed by atoms with E-state index in [0.29, 0.717) is 12.1 Å². The van der Waals surface area contributed by atoms with Gasteiger partial charge < -0.3 is 4.90 Å². The predicted octanol–water partition coefficient (Wildman–Crippen LogP) is 4.23. The summed E-state index contributed by atoms with van der Waals surface area (Å²) < 4.78 is 0. The number of nitrogens with zero attached hydrogens (tertiary/aromatic N) is 1. The molecule has 0 radical (unpaired) electrons. The van der Waals surface area contributed by atoms with Crippen molar-refractivity contribution in [3.63, 3.8) is 0 Å². The number of Topliss-reactive ketones (excluding diaryl/α,β-unsaturated/α-hetero) is 1. The predicted molar refractivity (Wildman–Crippen MR) is 97.1 cm³/mol. The highest BCUT2D eigenvalue weighted by molar-refractivity contribution is 5.98. The zero-order valence-electron chi connectivity index (χ0n) is 14.9. The topological polar surface area (TPSA) is 37.4 Å². The van der Waals surface area contributed by atoms with E-state index < -0.39 is 0 Å². The first-order valence-corrected chi connectivity index (χ1v) is 8.27. The molecule has 0 unspecified atom stereocenters. The SMILES string of the molecule is Cc1ccc(C(=O)CCC(=O)N(C)Cc2ccccc2C)cc1C. The number of ketones is 1. The molecule has 0 spiro atoms. The van der Waals surface area contributed by atoms with Crippen molar-refractivity contribution >= 4 is 11.7 Å². The van der Waals surface area contributed by atoms with Crippen molar-refractivity contribution in [3.8, 4) is 0 Å². The van der Waals surface area contributed by atoms with Crippen LogP contribution in [0, 0.1) is 20.8 Å². The summed E-state index contributed by atoms with van der Waals surface area (Å²) in [7, 11) is 1.79. The molecule has 2 aromatic rings. The molecular formula is C21H25NO2. The molecule has 0 saturated heterocycles. The lowest BCUT2D eigenvalue weighted by molar-refractivity contribution is -0.130. The van der Waals surface area contributed by atoms with Gasteiger partial charge >= 0.3 is 0 Å².